The number of benzene rings is 1. The molecule has 3 amide bonds. The van der Waals surface area contributed by atoms with Gasteiger partial charge in [0, 0.05) is 43.0 Å². The van der Waals surface area contributed by atoms with Crippen LogP contribution in [-0.2, 0) is 38.4 Å². The minimum atomic E-state index is -1.22. The number of carboxylic acid groups (broad SMARTS) is 1. The fraction of sp³-hybridized carbons (Fsp3) is 0.407. The predicted octanol–water partition coefficient (Wildman–Crippen LogP) is 0.0731. The Balaban J connectivity index is 1.74. The number of nitrogens with two attached hydrogens (primary N) is 1. The summed E-state index contributed by atoms with van der Waals surface area (Å²) in [5.74, 6) is -3.30. The Morgan fingerprint density at radius 1 is 0.850 bits per heavy atom. The molecular weight excluding hydrogens is 516 g/mol. The molecule has 0 saturated carbocycles. The first-order chi connectivity index (χ1) is 19.2. The molecule has 0 aliphatic heterocycles. The van der Waals surface area contributed by atoms with E-state index in [9.17, 15) is 24.3 Å². The van der Waals surface area contributed by atoms with E-state index in [0.29, 0.717) is 17.8 Å². The quantitative estimate of drug-likeness (QED) is 0.137. The van der Waals surface area contributed by atoms with Crippen LogP contribution in [0.3, 0.4) is 0 Å². The molecule has 13 heteroatoms. The molecule has 0 bridgehead atoms. The molecule has 0 aliphatic carbocycles. The number of aromatic nitrogens is 4. The topological polar surface area (TPSA) is 208 Å². The second-order valence-corrected chi connectivity index (χ2v) is 9.69. The number of carbonyl (C=O) groups is 4. The third kappa shape index (κ3) is 8.76. The maximum Gasteiger partial charge on any atom is 0.326 e. The van der Waals surface area contributed by atoms with Gasteiger partial charge in [0.2, 0.25) is 17.7 Å². The monoisotopic (exact) mass is 552 g/mol. The summed E-state index contributed by atoms with van der Waals surface area (Å²) < 4.78 is 0. The van der Waals surface area contributed by atoms with Crippen LogP contribution in [0.25, 0.3) is 0 Å². The summed E-state index contributed by atoms with van der Waals surface area (Å²) in [5, 5.41) is 17.7. The minimum Gasteiger partial charge on any atom is -0.480 e. The van der Waals surface area contributed by atoms with Crippen molar-refractivity contribution < 1.29 is 24.3 Å². The number of aliphatic carboxylic acids is 1. The van der Waals surface area contributed by atoms with Crippen LogP contribution in [-0.4, -0.2) is 72.9 Å². The van der Waals surface area contributed by atoms with Gasteiger partial charge in [-0.3, -0.25) is 14.4 Å². The molecular formula is C27H36N8O5. The molecule has 0 saturated heterocycles. The van der Waals surface area contributed by atoms with Gasteiger partial charge in [-0.2, -0.15) is 0 Å². The van der Waals surface area contributed by atoms with Crippen molar-refractivity contribution in [1.82, 2.24) is 35.9 Å². The van der Waals surface area contributed by atoms with Crippen LogP contribution < -0.4 is 21.7 Å². The highest BCUT2D eigenvalue weighted by Crippen LogP contribution is 2.11. The highest BCUT2D eigenvalue weighted by molar-refractivity contribution is 5.94. The van der Waals surface area contributed by atoms with Crippen LogP contribution >= 0.6 is 0 Å². The van der Waals surface area contributed by atoms with E-state index in [2.05, 4.69) is 35.9 Å². The van der Waals surface area contributed by atoms with Crippen molar-refractivity contribution in [2.75, 3.05) is 0 Å². The molecule has 214 valence electrons. The van der Waals surface area contributed by atoms with Gasteiger partial charge < -0.3 is 36.8 Å². The number of aromatic amines is 2. The molecule has 0 radical (unpaired) electrons. The van der Waals surface area contributed by atoms with Gasteiger partial charge in [0.25, 0.3) is 0 Å². The average molecular weight is 553 g/mol. The number of amides is 3. The number of carbonyl (C=O) groups excluding carboxylic acids is 3. The molecule has 1 aromatic carbocycles. The zero-order valence-corrected chi connectivity index (χ0v) is 22.5. The van der Waals surface area contributed by atoms with Crippen molar-refractivity contribution in [2.45, 2.75) is 63.7 Å². The standard InChI is InChI=1S/C27H36N8O5/c1-3-16(2)23(35-24(36)20(28)10-18-12-29-14-31-18)26(38)33-21(11-19-13-30-15-32-19)25(37)34-22(27(39)40)9-17-7-5-4-6-8-17/h4-8,12-16,20-23H,3,9-11,28H2,1-2H3,(H,29,31)(H,30,32)(H,33,38)(H,34,37)(H,35,36)(H,39,40). The van der Waals surface area contributed by atoms with Gasteiger partial charge in [-0.1, -0.05) is 50.6 Å². The van der Waals surface area contributed by atoms with Gasteiger partial charge in [0.05, 0.1) is 18.7 Å². The Kier molecular flexibility index (Phi) is 10.9. The second kappa shape index (κ2) is 14.6. The van der Waals surface area contributed by atoms with Gasteiger partial charge in [-0.25, -0.2) is 14.8 Å². The lowest BCUT2D eigenvalue weighted by Crippen LogP contribution is -2.59. The normalized spacial score (nSPS) is 14.8. The lowest BCUT2D eigenvalue weighted by Gasteiger charge is -2.28. The Labute approximate surface area is 231 Å². The molecule has 5 atom stereocenters. The number of hydrogen-bond donors (Lipinski definition) is 7. The third-order valence-electron chi connectivity index (χ3n) is 6.63. The molecule has 3 aromatic rings. The highest BCUT2D eigenvalue weighted by Gasteiger charge is 2.33. The van der Waals surface area contributed by atoms with E-state index in [0.717, 1.165) is 5.56 Å². The van der Waals surface area contributed by atoms with Crippen molar-refractivity contribution in [1.29, 1.82) is 0 Å². The maximum absolute atomic E-state index is 13.5. The Hall–Kier alpha value is -4.52. The zero-order valence-electron chi connectivity index (χ0n) is 22.5. The predicted molar refractivity (Wildman–Crippen MR) is 146 cm³/mol. The van der Waals surface area contributed by atoms with E-state index >= 15 is 0 Å². The van der Waals surface area contributed by atoms with E-state index in [-0.39, 0.29) is 25.2 Å². The molecule has 0 spiro atoms. The molecule has 0 fully saturated rings. The van der Waals surface area contributed by atoms with Crippen LogP contribution in [0.15, 0.2) is 55.4 Å². The van der Waals surface area contributed by atoms with Crippen LogP contribution in [0.4, 0.5) is 0 Å². The summed E-state index contributed by atoms with van der Waals surface area (Å²) in [5.41, 5.74) is 8.02. The number of imidazole rings is 2. The second-order valence-electron chi connectivity index (χ2n) is 9.69. The first-order valence-corrected chi connectivity index (χ1v) is 13.1. The lowest BCUT2D eigenvalue weighted by atomic mass is 9.96. The lowest BCUT2D eigenvalue weighted by molar-refractivity contribution is -0.142. The first kappa shape index (κ1) is 30.0. The van der Waals surface area contributed by atoms with Crippen molar-refractivity contribution in [2.24, 2.45) is 11.7 Å². The molecule has 8 N–H and O–H groups in total. The zero-order chi connectivity index (χ0) is 29.1. The summed E-state index contributed by atoms with van der Waals surface area (Å²) in [6.07, 6.45) is 6.83. The molecule has 0 aliphatic rings. The van der Waals surface area contributed by atoms with Crippen molar-refractivity contribution in [3.63, 3.8) is 0 Å². The maximum atomic E-state index is 13.5. The van der Waals surface area contributed by atoms with Crippen molar-refractivity contribution >= 4 is 23.7 Å². The summed E-state index contributed by atoms with van der Waals surface area (Å²) >= 11 is 0. The Morgan fingerprint density at radius 2 is 1.45 bits per heavy atom. The number of nitrogens with one attached hydrogen (secondary N) is 5. The van der Waals surface area contributed by atoms with Crippen LogP contribution in [0.5, 0.6) is 0 Å². The fourth-order valence-corrected chi connectivity index (χ4v) is 4.10. The number of hydrogen-bond acceptors (Lipinski definition) is 7. The Bertz CT molecular complexity index is 1230. The summed E-state index contributed by atoms with van der Waals surface area (Å²) in [6, 6.07) is 4.62. The van der Waals surface area contributed by atoms with E-state index in [4.69, 9.17) is 5.73 Å². The van der Waals surface area contributed by atoms with E-state index < -0.39 is 47.9 Å². The van der Waals surface area contributed by atoms with Crippen molar-refractivity contribution in [3.05, 3.63) is 72.3 Å². The fourth-order valence-electron chi connectivity index (χ4n) is 4.10. The molecule has 2 heterocycles. The number of carboxylic acids is 1. The molecule has 5 unspecified atom stereocenters. The van der Waals surface area contributed by atoms with E-state index in [1.807, 2.05) is 13.0 Å². The first-order valence-electron chi connectivity index (χ1n) is 13.1. The largest absolute Gasteiger partial charge is 0.480 e. The Morgan fingerprint density at radius 3 is 2.00 bits per heavy atom. The molecule has 2 aromatic heterocycles. The van der Waals surface area contributed by atoms with Gasteiger partial charge >= 0.3 is 5.97 Å². The number of rotatable bonds is 15. The van der Waals surface area contributed by atoms with Crippen LogP contribution in [0, 0.1) is 5.92 Å². The van der Waals surface area contributed by atoms with Crippen LogP contribution in [0.1, 0.15) is 37.2 Å². The van der Waals surface area contributed by atoms with Gasteiger partial charge in [0.1, 0.15) is 18.1 Å². The average Bonchev–Trinajstić information content (AvgIpc) is 3.65. The molecule has 40 heavy (non-hydrogen) atoms. The molecule has 13 nitrogen and oxygen atoms in total. The van der Waals surface area contributed by atoms with Crippen LogP contribution in [0.2, 0.25) is 0 Å². The van der Waals surface area contributed by atoms with Gasteiger partial charge in [-0.05, 0) is 11.5 Å². The van der Waals surface area contributed by atoms with Gasteiger partial charge in [0.15, 0.2) is 0 Å². The summed E-state index contributed by atoms with van der Waals surface area (Å²) in [6.45, 7) is 3.67. The SMILES string of the molecule is CCC(C)C(NC(=O)C(N)Cc1cnc[nH]1)C(=O)NC(Cc1cnc[nH]1)C(=O)NC(Cc1ccccc1)C(=O)O. The van der Waals surface area contributed by atoms with Crippen molar-refractivity contribution in [3.8, 4) is 0 Å². The highest BCUT2D eigenvalue weighted by atomic mass is 16.4. The van der Waals surface area contributed by atoms with Gasteiger partial charge in [-0.15, -0.1) is 0 Å². The summed E-state index contributed by atoms with van der Waals surface area (Å²) in [7, 11) is 0. The molecule has 3 rings (SSSR count). The number of nitrogens with zero attached hydrogens (tertiary/aromatic N) is 2. The van der Waals surface area contributed by atoms with E-state index in [1.54, 1.807) is 37.4 Å². The minimum absolute atomic E-state index is 0.0236. The summed E-state index contributed by atoms with van der Waals surface area (Å²) in [4.78, 5) is 65.3. The third-order valence-corrected chi connectivity index (χ3v) is 6.63. The van der Waals surface area contributed by atoms with E-state index in [1.165, 1.54) is 18.9 Å². The number of H-pyrrole nitrogens is 2. The smallest absolute Gasteiger partial charge is 0.326 e.